The molecule has 0 heterocycles. The third-order valence-electron chi connectivity index (χ3n) is 2.00. The van der Waals surface area contributed by atoms with Crippen LogP contribution < -0.4 is 0 Å². The first-order chi connectivity index (χ1) is 4.77. The van der Waals surface area contributed by atoms with Gasteiger partial charge in [0.15, 0.2) is 6.29 Å². The van der Waals surface area contributed by atoms with Gasteiger partial charge in [0.05, 0.1) is 6.10 Å². The van der Waals surface area contributed by atoms with Gasteiger partial charge >= 0.3 is 0 Å². The topological polar surface area (TPSA) is 38.7 Å². The predicted molar refractivity (Wildman–Crippen MR) is 36.5 cm³/mol. The van der Waals surface area contributed by atoms with E-state index in [-0.39, 0.29) is 12.4 Å². The number of aliphatic hydroxyl groups excluding tert-OH is 1. The number of hydrogen-bond donors (Lipinski definition) is 1. The predicted octanol–water partition coefficient (Wildman–Crippen LogP) is 0.376. The molecule has 0 aromatic carbocycles. The van der Waals surface area contributed by atoms with E-state index in [1.165, 1.54) is 0 Å². The molecule has 0 aromatic heterocycles. The molecule has 1 saturated carbocycles. The maximum atomic E-state index is 8.95. The molecule has 60 valence electrons. The van der Waals surface area contributed by atoms with Crippen molar-refractivity contribution in [2.45, 2.75) is 25.2 Å². The second-order valence-electron chi connectivity index (χ2n) is 2.73. The van der Waals surface area contributed by atoms with Crippen LogP contribution in [0.25, 0.3) is 0 Å². The number of aliphatic hydroxyl groups is 1. The average Bonchev–Trinajstić information content (AvgIpc) is 1.87. The largest absolute Gasteiger partial charge is 0.393 e. The normalized spacial score (nSPS) is 32.4. The van der Waals surface area contributed by atoms with E-state index in [2.05, 4.69) is 0 Å². The Hall–Kier alpha value is -0.120. The summed E-state index contributed by atoms with van der Waals surface area (Å²) in [6, 6.07) is 0. The van der Waals surface area contributed by atoms with Crippen LogP contribution in [0.3, 0.4) is 0 Å². The molecular weight excluding hydrogens is 132 g/mol. The molecule has 0 amide bonds. The maximum Gasteiger partial charge on any atom is 0.159 e. The number of ether oxygens (including phenoxy) is 2. The summed E-state index contributed by atoms with van der Waals surface area (Å²) >= 11 is 0. The molecule has 3 nitrogen and oxygen atoms in total. The number of hydrogen-bond acceptors (Lipinski definition) is 3. The first-order valence-electron chi connectivity index (χ1n) is 3.51. The fourth-order valence-corrected chi connectivity index (χ4v) is 1.33. The van der Waals surface area contributed by atoms with Crippen molar-refractivity contribution in [3.05, 3.63) is 0 Å². The van der Waals surface area contributed by atoms with Crippen molar-refractivity contribution in [2.75, 3.05) is 14.2 Å². The molecule has 1 aliphatic rings. The summed E-state index contributed by atoms with van der Waals surface area (Å²) in [6.45, 7) is 0. The summed E-state index contributed by atoms with van der Waals surface area (Å²) < 4.78 is 10.0. The van der Waals surface area contributed by atoms with Crippen LogP contribution in [0.15, 0.2) is 0 Å². The summed E-state index contributed by atoms with van der Waals surface area (Å²) in [5.74, 6) is 0.394. The molecule has 0 saturated heterocycles. The van der Waals surface area contributed by atoms with Crippen LogP contribution >= 0.6 is 0 Å². The first-order valence-corrected chi connectivity index (χ1v) is 3.51. The zero-order valence-corrected chi connectivity index (χ0v) is 6.41. The molecule has 0 aliphatic heterocycles. The second kappa shape index (κ2) is 3.32. The lowest BCUT2D eigenvalue weighted by Gasteiger charge is -2.35. The highest BCUT2D eigenvalue weighted by Crippen LogP contribution is 2.31. The minimum absolute atomic E-state index is 0.122. The number of methoxy groups -OCH3 is 2. The van der Waals surface area contributed by atoms with Crippen molar-refractivity contribution in [1.82, 2.24) is 0 Å². The zero-order valence-electron chi connectivity index (χ0n) is 6.41. The van der Waals surface area contributed by atoms with Gasteiger partial charge in [-0.2, -0.15) is 0 Å². The smallest absolute Gasteiger partial charge is 0.159 e. The van der Waals surface area contributed by atoms with Crippen molar-refractivity contribution >= 4 is 0 Å². The van der Waals surface area contributed by atoms with Crippen molar-refractivity contribution in [1.29, 1.82) is 0 Å². The van der Waals surface area contributed by atoms with Gasteiger partial charge < -0.3 is 14.6 Å². The molecule has 0 aromatic rings. The van der Waals surface area contributed by atoms with Gasteiger partial charge in [-0.05, 0) is 12.8 Å². The molecule has 1 rings (SSSR count). The molecule has 0 bridgehead atoms. The Kier molecular flexibility index (Phi) is 2.65. The van der Waals surface area contributed by atoms with E-state index in [9.17, 15) is 0 Å². The molecule has 0 atom stereocenters. The van der Waals surface area contributed by atoms with Gasteiger partial charge in [-0.3, -0.25) is 0 Å². The van der Waals surface area contributed by atoms with Crippen LogP contribution in [0.4, 0.5) is 0 Å². The van der Waals surface area contributed by atoms with E-state index in [0.29, 0.717) is 5.92 Å². The van der Waals surface area contributed by atoms with Crippen molar-refractivity contribution in [2.24, 2.45) is 5.92 Å². The standard InChI is InChI=1S/C7H14O3/c1-9-7(10-2)5-3-6(8)4-5/h5-8H,3-4H2,1-2H3. The van der Waals surface area contributed by atoms with Crippen molar-refractivity contribution < 1.29 is 14.6 Å². The quantitative estimate of drug-likeness (QED) is 0.585. The average molecular weight is 146 g/mol. The molecule has 1 fully saturated rings. The zero-order chi connectivity index (χ0) is 7.56. The molecular formula is C7H14O3. The Bertz CT molecular complexity index is 95.0. The van der Waals surface area contributed by atoms with E-state index >= 15 is 0 Å². The van der Waals surface area contributed by atoms with Gasteiger partial charge in [-0.15, -0.1) is 0 Å². The van der Waals surface area contributed by atoms with Crippen LogP contribution in [0.5, 0.6) is 0 Å². The van der Waals surface area contributed by atoms with Crippen LogP contribution in [0, 0.1) is 5.92 Å². The Balaban J connectivity index is 2.21. The highest BCUT2D eigenvalue weighted by Gasteiger charge is 2.34. The summed E-state index contributed by atoms with van der Waals surface area (Å²) in [7, 11) is 3.25. The van der Waals surface area contributed by atoms with Crippen LogP contribution in [0.1, 0.15) is 12.8 Å². The SMILES string of the molecule is COC(OC)C1CC(O)C1. The van der Waals surface area contributed by atoms with E-state index in [1.807, 2.05) is 0 Å². The molecule has 3 heteroatoms. The summed E-state index contributed by atoms with van der Waals surface area (Å²) in [6.07, 6.45) is 1.37. The minimum atomic E-state index is -0.127. The molecule has 0 unspecified atom stereocenters. The summed E-state index contributed by atoms with van der Waals surface area (Å²) in [4.78, 5) is 0. The van der Waals surface area contributed by atoms with Gasteiger partial charge in [0.2, 0.25) is 0 Å². The van der Waals surface area contributed by atoms with Crippen LogP contribution in [-0.2, 0) is 9.47 Å². The van der Waals surface area contributed by atoms with Gasteiger partial charge in [-0.25, -0.2) is 0 Å². The molecule has 1 N–H and O–H groups in total. The van der Waals surface area contributed by atoms with Gasteiger partial charge in [0, 0.05) is 20.1 Å². The Morgan fingerprint density at radius 1 is 1.30 bits per heavy atom. The van der Waals surface area contributed by atoms with Gasteiger partial charge in [-0.1, -0.05) is 0 Å². The molecule has 0 spiro atoms. The maximum absolute atomic E-state index is 8.95. The lowest BCUT2D eigenvalue weighted by molar-refractivity contribution is -0.173. The van der Waals surface area contributed by atoms with Gasteiger partial charge in [0.1, 0.15) is 0 Å². The highest BCUT2D eigenvalue weighted by atomic mass is 16.7. The molecule has 0 radical (unpaired) electrons. The summed E-state index contributed by atoms with van der Waals surface area (Å²) in [5, 5.41) is 8.95. The minimum Gasteiger partial charge on any atom is -0.393 e. The third kappa shape index (κ3) is 1.48. The van der Waals surface area contributed by atoms with E-state index in [4.69, 9.17) is 14.6 Å². The molecule has 10 heavy (non-hydrogen) atoms. The monoisotopic (exact) mass is 146 g/mol. The number of rotatable bonds is 3. The first kappa shape index (κ1) is 7.98. The van der Waals surface area contributed by atoms with E-state index in [1.54, 1.807) is 14.2 Å². The molecule has 1 aliphatic carbocycles. The lowest BCUT2D eigenvalue weighted by atomic mass is 9.82. The third-order valence-corrected chi connectivity index (χ3v) is 2.00. The Labute approximate surface area is 60.9 Å². The van der Waals surface area contributed by atoms with Crippen molar-refractivity contribution in [3.8, 4) is 0 Å². The fourth-order valence-electron chi connectivity index (χ4n) is 1.33. The second-order valence-corrected chi connectivity index (χ2v) is 2.73. The van der Waals surface area contributed by atoms with Crippen LogP contribution in [0.2, 0.25) is 0 Å². The van der Waals surface area contributed by atoms with Crippen molar-refractivity contribution in [3.63, 3.8) is 0 Å². The van der Waals surface area contributed by atoms with Crippen LogP contribution in [-0.4, -0.2) is 31.7 Å². The van der Waals surface area contributed by atoms with Gasteiger partial charge in [0.25, 0.3) is 0 Å². The fraction of sp³-hybridized carbons (Fsp3) is 1.00. The summed E-state index contributed by atoms with van der Waals surface area (Å²) in [5.41, 5.74) is 0. The van der Waals surface area contributed by atoms with E-state index < -0.39 is 0 Å². The Morgan fingerprint density at radius 3 is 2.10 bits per heavy atom. The highest BCUT2D eigenvalue weighted by molar-refractivity contribution is 4.80. The Morgan fingerprint density at radius 2 is 1.80 bits per heavy atom. The lowest BCUT2D eigenvalue weighted by Crippen LogP contribution is -2.38. The van der Waals surface area contributed by atoms with E-state index in [0.717, 1.165) is 12.8 Å².